The monoisotopic (exact) mass is 310 g/mol. The first-order valence-electron chi connectivity index (χ1n) is 8.20. The van der Waals surface area contributed by atoms with E-state index in [1.54, 1.807) is 0 Å². The Hall–Kier alpha value is -2.43. The average Bonchev–Trinajstić information content (AvgIpc) is 2.83. The third kappa shape index (κ3) is 3.04. The molecule has 0 saturated heterocycles. The number of fused-ring (bicyclic) bond motifs is 2. The van der Waals surface area contributed by atoms with Gasteiger partial charge < -0.3 is 5.32 Å². The summed E-state index contributed by atoms with van der Waals surface area (Å²) in [6.07, 6.45) is 2.29. The minimum Gasteiger partial charge on any atom is -0.309 e. The second-order valence-electron chi connectivity index (χ2n) is 5.93. The highest BCUT2D eigenvalue weighted by Crippen LogP contribution is 2.26. The number of nitrogens with one attached hydrogen (secondary N) is 1. The summed E-state index contributed by atoms with van der Waals surface area (Å²) in [7, 11) is 0. The molecule has 0 saturated carbocycles. The molecule has 0 atom stereocenters. The molecule has 2 aromatic heterocycles. The Labute approximate surface area is 135 Å². The Bertz CT molecular complexity index is 866. The molecule has 0 aliphatic rings. The van der Waals surface area contributed by atoms with E-state index in [0.29, 0.717) is 12.2 Å². The van der Waals surface area contributed by atoms with Crippen LogP contribution in [0.25, 0.3) is 21.9 Å². The van der Waals surface area contributed by atoms with E-state index < -0.39 is 0 Å². The number of carbonyl (C=O) groups excluding carboxylic acids is 1. The third-order valence-electron chi connectivity index (χ3n) is 3.84. The summed E-state index contributed by atoms with van der Waals surface area (Å²) >= 11 is 0. The molecular weight excluding hydrogens is 288 g/mol. The molecule has 3 rings (SSSR count). The van der Waals surface area contributed by atoms with E-state index in [9.17, 15) is 4.79 Å². The number of nitrogens with zero attached hydrogens (tertiary/aromatic N) is 3. The fourth-order valence-corrected chi connectivity index (χ4v) is 2.76. The van der Waals surface area contributed by atoms with Gasteiger partial charge in [0.2, 0.25) is 5.91 Å². The molecule has 5 nitrogen and oxygen atoms in total. The predicted octanol–water partition coefficient (Wildman–Crippen LogP) is 4.04. The molecule has 120 valence electrons. The predicted molar refractivity (Wildman–Crippen MR) is 93.6 cm³/mol. The Balaban J connectivity index is 2.16. The van der Waals surface area contributed by atoms with Crippen LogP contribution in [0.1, 0.15) is 38.7 Å². The van der Waals surface area contributed by atoms with Gasteiger partial charge in [0.15, 0.2) is 11.5 Å². The van der Waals surface area contributed by atoms with Crippen LogP contribution in [0.2, 0.25) is 0 Å². The van der Waals surface area contributed by atoms with Crippen LogP contribution in [0.5, 0.6) is 0 Å². The number of aryl methyl sites for hydroxylation is 2. The standard InChI is InChI=1S/C18H22N4O/c1-4-6-16(23)20-17-14-11-13-10-12(3)7-8-15(13)19-18(14)22(21-17)9-5-2/h7-8,10-11H,4-6,9H2,1-3H3,(H,20,21,23). The van der Waals surface area contributed by atoms with Crippen molar-refractivity contribution >= 4 is 33.7 Å². The lowest BCUT2D eigenvalue weighted by Gasteiger charge is -2.03. The molecular formula is C18H22N4O. The zero-order chi connectivity index (χ0) is 16.4. The highest BCUT2D eigenvalue weighted by molar-refractivity contribution is 6.02. The number of carbonyl (C=O) groups is 1. The lowest BCUT2D eigenvalue weighted by atomic mass is 10.1. The fraction of sp³-hybridized carbons (Fsp3) is 0.389. The molecule has 5 heteroatoms. The van der Waals surface area contributed by atoms with Crippen LogP contribution in [0.4, 0.5) is 5.82 Å². The van der Waals surface area contributed by atoms with Crippen molar-refractivity contribution in [3.05, 3.63) is 29.8 Å². The maximum absolute atomic E-state index is 12.0. The van der Waals surface area contributed by atoms with Crippen LogP contribution >= 0.6 is 0 Å². The van der Waals surface area contributed by atoms with Gasteiger partial charge in [0.1, 0.15) is 0 Å². The van der Waals surface area contributed by atoms with Gasteiger partial charge in [-0.15, -0.1) is 0 Å². The van der Waals surface area contributed by atoms with Gasteiger partial charge in [-0.1, -0.05) is 25.5 Å². The summed E-state index contributed by atoms with van der Waals surface area (Å²) in [5, 5.41) is 9.47. The highest BCUT2D eigenvalue weighted by Gasteiger charge is 2.15. The minimum absolute atomic E-state index is 0.000104. The SMILES string of the molecule is CCCC(=O)Nc1nn(CCC)c2nc3ccc(C)cc3cc12. The number of hydrogen-bond acceptors (Lipinski definition) is 3. The second-order valence-corrected chi connectivity index (χ2v) is 5.93. The van der Waals surface area contributed by atoms with E-state index >= 15 is 0 Å². The molecule has 1 N–H and O–H groups in total. The maximum atomic E-state index is 12.0. The summed E-state index contributed by atoms with van der Waals surface area (Å²) in [4.78, 5) is 16.7. The van der Waals surface area contributed by atoms with Gasteiger partial charge in [-0.2, -0.15) is 5.10 Å². The first-order valence-corrected chi connectivity index (χ1v) is 8.20. The van der Waals surface area contributed by atoms with E-state index in [4.69, 9.17) is 4.98 Å². The largest absolute Gasteiger partial charge is 0.309 e. The Morgan fingerprint density at radius 3 is 2.78 bits per heavy atom. The zero-order valence-corrected chi connectivity index (χ0v) is 13.9. The van der Waals surface area contributed by atoms with Crippen molar-refractivity contribution in [2.24, 2.45) is 0 Å². The number of pyridine rings is 1. The Kier molecular flexibility index (Phi) is 4.28. The second kappa shape index (κ2) is 6.36. The zero-order valence-electron chi connectivity index (χ0n) is 13.9. The number of anilines is 1. The van der Waals surface area contributed by atoms with Gasteiger partial charge in [0, 0.05) is 18.4 Å². The van der Waals surface area contributed by atoms with E-state index in [-0.39, 0.29) is 5.91 Å². The Morgan fingerprint density at radius 1 is 1.22 bits per heavy atom. The quantitative estimate of drug-likeness (QED) is 0.773. The normalized spacial score (nSPS) is 11.3. The molecule has 0 spiro atoms. The van der Waals surface area contributed by atoms with Gasteiger partial charge in [0.05, 0.1) is 10.9 Å². The van der Waals surface area contributed by atoms with Crippen molar-refractivity contribution in [2.45, 2.75) is 46.6 Å². The summed E-state index contributed by atoms with van der Waals surface area (Å²) in [5.74, 6) is 0.614. The molecule has 2 heterocycles. The van der Waals surface area contributed by atoms with Crippen molar-refractivity contribution < 1.29 is 4.79 Å². The molecule has 0 unspecified atom stereocenters. The summed E-state index contributed by atoms with van der Waals surface area (Å²) in [6, 6.07) is 8.27. The summed E-state index contributed by atoms with van der Waals surface area (Å²) in [6.45, 7) is 6.94. The van der Waals surface area contributed by atoms with Crippen LogP contribution in [0.15, 0.2) is 24.3 Å². The van der Waals surface area contributed by atoms with E-state index in [1.807, 2.05) is 17.7 Å². The van der Waals surface area contributed by atoms with Crippen molar-refractivity contribution in [3.8, 4) is 0 Å². The first kappa shape index (κ1) is 15.5. The molecule has 0 bridgehead atoms. The number of aromatic nitrogens is 3. The van der Waals surface area contributed by atoms with Gasteiger partial charge in [0.25, 0.3) is 0 Å². The van der Waals surface area contributed by atoms with Crippen LogP contribution < -0.4 is 5.32 Å². The average molecular weight is 310 g/mol. The molecule has 1 amide bonds. The van der Waals surface area contributed by atoms with Gasteiger partial charge in [-0.3, -0.25) is 4.79 Å². The summed E-state index contributed by atoms with van der Waals surface area (Å²) < 4.78 is 1.89. The maximum Gasteiger partial charge on any atom is 0.225 e. The minimum atomic E-state index is -0.000104. The highest BCUT2D eigenvalue weighted by atomic mass is 16.1. The smallest absolute Gasteiger partial charge is 0.225 e. The van der Waals surface area contributed by atoms with E-state index in [1.165, 1.54) is 5.56 Å². The van der Waals surface area contributed by atoms with Crippen LogP contribution in [-0.2, 0) is 11.3 Å². The van der Waals surface area contributed by atoms with E-state index in [2.05, 4.69) is 42.5 Å². The lowest BCUT2D eigenvalue weighted by Crippen LogP contribution is -2.11. The number of rotatable bonds is 5. The number of benzene rings is 1. The molecule has 0 aliphatic carbocycles. The molecule has 3 aromatic rings. The number of amides is 1. The summed E-state index contributed by atoms with van der Waals surface area (Å²) in [5.41, 5.74) is 2.97. The van der Waals surface area contributed by atoms with Crippen molar-refractivity contribution in [1.29, 1.82) is 0 Å². The van der Waals surface area contributed by atoms with Crippen molar-refractivity contribution in [1.82, 2.24) is 14.8 Å². The van der Waals surface area contributed by atoms with E-state index in [0.717, 1.165) is 41.3 Å². The molecule has 0 aliphatic heterocycles. The van der Waals surface area contributed by atoms with Gasteiger partial charge in [-0.25, -0.2) is 9.67 Å². The molecule has 0 fully saturated rings. The fourth-order valence-electron chi connectivity index (χ4n) is 2.76. The van der Waals surface area contributed by atoms with Crippen LogP contribution in [0.3, 0.4) is 0 Å². The Morgan fingerprint density at radius 2 is 2.04 bits per heavy atom. The van der Waals surface area contributed by atoms with Crippen LogP contribution in [0, 0.1) is 6.92 Å². The van der Waals surface area contributed by atoms with Gasteiger partial charge in [-0.05, 0) is 38.0 Å². The van der Waals surface area contributed by atoms with Crippen molar-refractivity contribution in [2.75, 3.05) is 5.32 Å². The lowest BCUT2D eigenvalue weighted by molar-refractivity contribution is -0.116. The first-order chi connectivity index (χ1) is 11.1. The molecule has 0 radical (unpaired) electrons. The van der Waals surface area contributed by atoms with Crippen molar-refractivity contribution in [3.63, 3.8) is 0 Å². The van der Waals surface area contributed by atoms with Gasteiger partial charge >= 0.3 is 0 Å². The third-order valence-corrected chi connectivity index (χ3v) is 3.84. The number of hydrogen-bond donors (Lipinski definition) is 1. The topological polar surface area (TPSA) is 59.8 Å². The molecule has 1 aromatic carbocycles. The molecule has 23 heavy (non-hydrogen) atoms. The van der Waals surface area contributed by atoms with Crippen LogP contribution in [-0.4, -0.2) is 20.7 Å².